The van der Waals surface area contributed by atoms with Crippen LogP contribution in [0.15, 0.2) is 0 Å². The monoisotopic (exact) mass is 215 g/mol. The predicted molar refractivity (Wildman–Crippen MR) is 62.2 cm³/mol. The third kappa shape index (κ3) is 6.88. The van der Waals surface area contributed by atoms with Crippen molar-refractivity contribution in [1.82, 2.24) is 5.32 Å². The predicted octanol–water partition coefficient (Wildman–Crippen LogP) is 1.96. The summed E-state index contributed by atoms with van der Waals surface area (Å²) in [6.07, 6.45) is 4.98. The van der Waals surface area contributed by atoms with E-state index in [4.69, 9.17) is 9.47 Å². The molecule has 3 heteroatoms. The van der Waals surface area contributed by atoms with Gasteiger partial charge in [-0.25, -0.2) is 0 Å². The molecule has 1 N–H and O–H groups in total. The molecule has 1 aliphatic rings. The van der Waals surface area contributed by atoms with E-state index in [2.05, 4.69) is 19.2 Å². The lowest BCUT2D eigenvalue weighted by atomic mass is 10.3. The van der Waals surface area contributed by atoms with Gasteiger partial charge in [0.1, 0.15) is 0 Å². The minimum atomic E-state index is 0.432. The van der Waals surface area contributed by atoms with Crippen LogP contribution >= 0.6 is 0 Å². The van der Waals surface area contributed by atoms with Gasteiger partial charge in [0.25, 0.3) is 0 Å². The molecule has 0 atom stereocenters. The van der Waals surface area contributed by atoms with Crippen molar-refractivity contribution in [1.29, 1.82) is 0 Å². The first kappa shape index (κ1) is 12.9. The molecule has 0 unspecified atom stereocenters. The summed E-state index contributed by atoms with van der Waals surface area (Å²) in [7, 11) is 0. The highest BCUT2D eigenvalue weighted by Gasteiger charge is 2.35. The van der Waals surface area contributed by atoms with Crippen molar-refractivity contribution in [2.24, 2.45) is 0 Å². The van der Waals surface area contributed by atoms with Crippen molar-refractivity contribution in [2.45, 2.75) is 45.1 Å². The minimum Gasteiger partial charge on any atom is -0.379 e. The molecular weight excluding hydrogens is 190 g/mol. The van der Waals surface area contributed by atoms with E-state index in [0.29, 0.717) is 5.54 Å². The Balaban J connectivity index is 1.70. The summed E-state index contributed by atoms with van der Waals surface area (Å²) < 4.78 is 10.8. The number of hydrogen-bond acceptors (Lipinski definition) is 3. The standard InChI is InChI=1S/C12H25NO2/c1-3-4-8-14-10-11-15-9-7-13-12(2)5-6-12/h13H,3-11H2,1-2H3. The van der Waals surface area contributed by atoms with Crippen LogP contribution in [-0.2, 0) is 9.47 Å². The molecule has 0 radical (unpaired) electrons. The highest BCUT2D eigenvalue weighted by molar-refractivity contribution is 4.97. The van der Waals surface area contributed by atoms with Gasteiger partial charge < -0.3 is 14.8 Å². The molecular formula is C12H25NO2. The number of unbranched alkanes of at least 4 members (excludes halogenated alkanes) is 1. The molecule has 15 heavy (non-hydrogen) atoms. The second-order valence-corrected chi connectivity index (χ2v) is 4.57. The molecule has 1 fully saturated rings. The fraction of sp³-hybridized carbons (Fsp3) is 1.00. The quantitative estimate of drug-likeness (QED) is 0.565. The Labute approximate surface area is 93.5 Å². The first-order valence-corrected chi connectivity index (χ1v) is 6.17. The molecule has 90 valence electrons. The molecule has 3 nitrogen and oxygen atoms in total. The van der Waals surface area contributed by atoms with Crippen LogP contribution in [0.5, 0.6) is 0 Å². The Morgan fingerprint density at radius 3 is 2.33 bits per heavy atom. The molecule has 1 saturated carbocycles. The van der Waals surface area contributed by atoms with Crippen LogP contribution < -0.4 is 5.32 Å². The lowest BCUT2D eigenvalue weighted by Crippen LogP contribution is -2.31. The molecule has 0 bridgehead atoms. The topological polar surface area (TPSA) is 30.5 Å². The van der Waals surface area contributed by atoms with E-state index < -0.39 is 0 Å². The zero-order chi connectivity index (χ0) is 11.0. The van der Waals surface area contributed by atoms with Crippen molar-refractivity contribution in [3.8, 4) is 0 Å². The summed E-state index contributed by atoms with van der Waals surface area (Å²) in [5.74, 6) is 0. The zero-order valence-corrected chi connectivity index (χ0v) is 10.2. The number of nitrogens with one attached hydrogen (secondary N) is 1. The minimum absolute atomic E-state index is 0.432. The second-order valence-electron chi connectivity index (χ2n) is 4.57. The summed E-state index contributed by atoms with van der Waals surface area (Å²) >= 11 is 0. The van der Waals surface area contributed by atoms with Crippen LogP contribution in [0.2, 0.25) is 0 Å². The Kier molecular flexibility index (Phi) is 6.22. The molecule has 0 aromatic rings. The van der Waals surface area contributed by atoms with Crippen molar-refractivity contribution in [2.75, 3.05) is 33.0 Å². The smallest absolute Gasteiger partial charge is 0.0701 e. The van der Waals surface area contributed by atoms with Gasteiger partial charge in [-0.15, -0.1) is 0 Å². The summed E-state index contributed by atoms with van der Waals surface area (Å²) in [5, 5.41) is 3.48. The molecule has 1 aliphatic carbocycles. The van der Waals surface area contributed by atoms with Gasteiger partial charge in [0, 0.05) is 18.7 Å². The van der Waals surface area contributed by atoms with Gasteiger partial charge >= 0.3 is 0 Å². The van der Waals surface area contributed by atoms with Crippen LogP contribution in [0.1, 0.15) is 39.5 Å². The van der Waals surface area contributed by atoms with Gasteiger partial charge in [0.05, 0.1) is 19.8 Å². The lowest BCUT2D eigenvalue weighted by Gasteiger charge is -2.11. The van der Waals surface area contributed by atoms with Crippen molar-refractivity contribution < 1.29 is 9.47 Å². The normalized spacial score (nSPS) is 18.0. The average Bonchev–Trinajstić information content (AvgIpc) is 2.95. The van der Waals surface area contributed by atoms with E-state index in [1.165, 1.54) is 19.3 Å². The van der Waals surface area contributed by atoms with Gasteiger partial charge in [0.15, 0.2) is 0 Å². The SMILES string of the molecule is CCCCOCCOCCNC1(C)CC1. The van der Waals surface area contributed by atoms with E-state index in [9.17, 15) is 0 Å². The van der Waals surface area contributed by atoms with Crippen molar-refractivity contribution >= 4 is 0 Å². The summed E-state index contributed by atoms with van der Waals surface area (Å²) in [5.41, 5.74) is 0.432. The summed E-state index contributed by atoms with van der Waals surface area (Å²) in [6.45, 7) is 8.53. The summed E-state index contributed by atoms with van der Waals surface area (Å²) in [6, 6.07) is 0. The van der Waals surface area contributed by atoms with E-state index in [0.717, 1.165) is 39.4 Å². The third-order valence-corrected chi connectivity index (χ3v) is 2.81. The molecule has 0 aromatic carbocycles. The van der Waals surface area contributed by atoms with Crippen molar-refractivity contribution in [3.63, 3.8) is 0 Å². The average molecular weight is 215 g/mol. The number of ether oxygens (including phenoxy) is 2. The van der Waals surface area contributed by atoms with Crippen LogP contribution in [0.4, 0.5) is 0 Å². The van der Waals surface area contributed by atoms with Crippen LogP contribution in [0.25, 0.3) is 0 Å². The Morgan fingerprint density at radius 2 is 1.73 bits per heavy atom. The van der Waals surface area contributed by atoms with Gasteiger partial charge in [-0.1, -0.05) is 13.3 Å². The molecule has 1 rings (SSSR count). The first-order chi connectivity index (χ1) is 7.27. The molecule has 0 aliphatic heterocycles. The molecule has 0 heterocycles. The first-order valence-electron chi connectivity index (χ1n) is 6.17. The lowest BCUT2D eigenvalue weighted by molar-refractivity contribution is 0.0471. The maximum atomic E-state index is 5.45. The van der Waals surface area contributed by atoms with E-state index in [1.807, 2.05) is 0 Å². The van der Waals surface area contributed by atoms with Gasteiger partial charge in [-0.05, 0) is 26.2 Å². The third-order valence-electron chi connectivity index (χ3n) is 2.81. The molecule has 0 aromatic heterocycles. The van der Waals surface area contributed by atoms with Crippen LogP contribution in [0.3, 0.4) is 0 Å². The van der Waals surface area contributed by atoms with Gasteiger partial charge in [-0.3, -0.25) is 0 Å². The maximum absolute atomic E-state index is 5.45. The Hall–Kier alpha value is -0.120. The van der Waals surface area contributed by atoms with Gasteiger partial charge in [-0.2, -0.15) is 0 Å². The largest absolute Gasteiger partial charge is 0.379 e. The fourth-order valence-corrected chi connectivity index (χ4v) is 1.36. The molecule has 0 amide bonds. The van der Waals surface area contributed by atoms with E-state index in [1.54, 1.807) is 0 Å². The molecule has 0 spiro atoms. The maximum Gasteiger partial charge on any atom is 0.0701 e. The second kappa shape index (κ2) is 7.20. The number of rotatable bonds is 10. The van der Waals surface area contributed by atoms with E-state index in [-0.39, 0.29) is 0 Å². The van der Waals surface area contributed by atoms with Crippen LogP contribution in [0, 0.1) is 0 Å². The van der Waals surface area contributed by atoms with E-state index >= 15 is 0 Å². The highest BCUT2D eigenvalue weighted by atomic mass is 16.5. The number of hydrogen-bond donors (Lipinski definition) is 1. The van der Waals surface area contributed by atoms with Crippen LogP contribution in [-0.4, -0.2) is 38.5 Å². The molecule has 0 saturated heterocycles. The highest BCUT2D eigenvalue weighted by Crippen LogP contribution is 2.33. The van der Waals surface area contributed by atoms with Crippen molar-refractivity contribution in [3.05, 3.63) is 0 Å². The fourth-order valence-electron chi connectivity index (χ4n) is 1.36. The Morgan fingerprint density at radius 1 is 1.07 bits per heavy atom. The zero-order valence-electron chi connectivity index (χ0n) is 10.2. The van der Waals surface area contributed by atoms with Gasteiger partial charge in [0.2, 0.25) is 0 Å². The Bertz CT molecular complexity index is 158. The summed E-state index contributed by atoms with van der Waals surface area (Å²) in [4.78, 5) is 0.